The largest absolute Gasteiger partial charge is 0.379 e. The van der Waals surface area contributed by atoms with Crippen LogP contribution in [-0.4, -0.2) is 18.1 Å². The second-order valence-corrected chi connectivity index (χ2v) is 9.93. The van der Waals surface area contributed by atoms with Gasteiger partial charge in [-0.25, -0.2) is 4.98 Å². The van der Waals surface area contributed by atoms with Gasteiger partial charge in [-0.3, -0.25) is 0 Å². The van der Waals surface area contributed by atoms with Crippen LogP contribution in [-0.2, 0) is 6.54 Å². The molecule has 3 nitrogen and oxygen atoms in total. The number of nitrogens with zero attached hydrogens (tertiary/aromatic N) is 1. The number of rotatable bonds is 5. The number of thiophene rings is 2. The van der Waals surface area contributed by atoms with Gasteiger partial charge in [0.2, 0.25) is 0 Å². The molecular weight excluding hydrogens is 450 g/mol. The standard InChI is InChI=1S/C19H21BrClN3S2/c1-22-13-7-3-2-6-12(13)18-16(20)17-19(26-18)14(9-15(21)24-17)23-10-11-5-4-8-25-11/h4-5,8-9,12-13,22H,2-3,6-7,10H2,1H3,(H,23,24)/t12-,13-/m0/s1. The molecule has 2 atom stereocenters. The van der Waals surface area contributed by atoms with E-state index in [-0.39, 0.29) is 0 Å². The molecule has 1 fully saturated rings. The fourth-order valence-electron chi connectivity index (χ4n) is 3.78. The van der Waals surface area contributed by atoms with E-state index in [9.17, 15) is 0 Å². The smallest absolute Gasteiger partial charge is 0.131 e. The maximum atomic E-state index is 6.33. The van der Waals surface area contributed by atoms with Crippen LogP contribution in [0.4, 0.5) is 5.69 Å². The lowest BCUT2D eigenvalue weighted by Crippen LogP contribution is -2.34. The van der Waals surface area contributed by atoms with Gasteiger partial charge in [-0.15, -0.1) is 22.7 Å². The van der Waals surface area contributed by atoms with Crippen molar-refractivity contribution in [1.29, 1.82) is 0 Å². The Hall–Kier alpha value is -0.660. The Balaban J connectivity index is 1.72. The van der Waals surface area contributed by atoms with Crippen molar-refractivity contribution >= 4 is 66.1 Å². The Morgan fingerprint density at radius 1 is 1.35 bits per heavy atom. The summed E-state index contributed by atoms with van der Waals surface area (Å²) in [6.45, 7) is 0.806. The van der Waals surface area contributed by atoms with Gasteiger partial charge in [-0.1, -0.05) is 30.5 Å². The molecule has 3 aromatic rings. The normalized spacial score (nSPS) is 20.6. The minimum absolute atomic E-state index is 0.532. The quantitative estimate of drug-likeness (QED) is 0.411. The summed E-state index contributed by atoms with van der Waals surface area (Å²) in [4.78, 5) is 7.32. The third-order valence-corrected chi connectivity index (χ3v) is 8.56. The first-order chi connectivity index (χ1) is 12.7. The zero-order valence-electron chi connectivity index (χ0n) is 14.5. The number of pyridine rings is 1. The van der Waals surface area contributed by atoms with Crippen LogP contribution in [0, 0.1) is 0 Å². The molecule has 0 unspecified atom stereocenters. The van der Waals surface area contributed by atoms with E-state index in [1.165, 1.54) is 40.1 Å². The Kier molecular flexibility index (Phi) is 5.86. The molecule has 0 amide bonds. The van der Waals surface area contributed by atoms with Crippen LogP contribution in [0.25, 0.3) is 10.2 Å². The van der Waals surface area contributed by atoms with E-state index in [0.29, 0.717) is 17.1 Å². The zero-order chi connectivity index (χ0) is 18.1. The van der Waals surface area contributed by atoms with Gasteiger partial charge in [-0.2, -0.15) is 0 Å². The maximum Gasteiger partial charge on any atom is 0.131 e. The Bertz CT molecular complexity index is 894. The van der Waals surface area contributed by atoms with Crippen LogP contribution in [0.5, 0.6) is 0 Å². The SMILES string of the molecule is CN[C@H]1CCCC[C@@H]1c1sc2c(NCc3cccs3)cc(Cl)nc2c1Br. The topological polar surface area (TPSA) is 37.0 Å². The molecule has 0 spiro atoms. The van der Waals surface area contributed by atoms with Crippen LogP contribution in [0.1, 0.15) is 41.4 Å². The highest BCUT2D eigenvalue weighted by molar-refractivity contribution is 9.10. The first-order valence-electron chi connectivity index (χ1n) is 8.89. The summed E-state index contributed by atoms with van der Waals surface area (Å²) in [6.07, 6.45) is 5.06. The fraction of sp³-hybridized carbons (Fsp3) is 0.421. The van der Waals surface area contributed by atoms with E-state index in [2.05, 4.69) is 56.1 Å². The van der Waals surface area contributed by atoms with Crippen molar-refractivity contribution in [2.75, 3.05) is 12.4 Å². The molecule has 0 radical (unpaired) electrons. The third kappa shape index (κ3) is 3.67. The lowest BCUT2D eigenvalue weighted by atomic mass is 9.83. The lowest BCUT2D eigenvalue weighted by Gasteiger charge is -2.30. The predicted molar refractivity (Wildman–Crippen MR) is 118 cm³/mol. The van der Waals surface area contributed by atoms with Crippen LogP contribution >= 0.6 is 50.2 Å². The van der Waals surface area contributed by atoms with Gasteiger partial charge in [0, 0.05) is 34.3 Å². The summed E-state index contributed by atoms with van der Waals surface area (Å²) in [5.74, 6) is 0.534. The molecule has 0 bridgehead atoms. The van der Waals surface area contributed by atoms with E-state index < -0.39 is 0 Å². The summed E-state index contributed by atoms with van der Waals surface area (Å²) in [5.41, 5.74) is 2.05. The number of halogens is 2. The molecule has 2 N–H and O–H groups in total. The van der Waals surface area contributed by atoms with Gasteiger partial charge in [0.05, 0.1) is 20.4 Å². The van der Waals surface area contributed by atoms with Gasteiger partial charge in [0.15, 0.2) is 0 Å². The van der Waals surface area contributed by atoms with Crippen molar-refractivity contribution in [3.63, 3.8) is 0 Å². The van der Waals surface area contributed by atoms with Crippen molar-refractivity contribution in [3.05, 3.63) is 43.0 Å². The number of aromatic nitrogens is 1. The van der Waals surface area contributed by atoms with Gasteiger partial charge in [0.25, 0.3) is 0 Å². The number of anilines is 1. The van der Waals surface area contributed by atoms with Crippen molar-refractivity contribution in [2.24, 2.45) is 0 Å². The van der Waals surface area contributed by atoms with Crippen LogP contribution in [0.2, 0.25) is 5.15 Å². The van der Waals surface area contributed by atoms with Gasteiger partial charge in [0.1, 0.15) is 5.15 Å². The summed E-state index contributed by atoms with van der Waals surface area (Å²) in [6, 6.07) is 6.71. The summed E-state index contributed by atoms with van der Waals surface area (Å²) in [5, 5.41) is 9.71. The molecule has 138 valence electrons. The van der Waals surface area contributed by atoms with E-state index in [4.69, 9.17) is 11.6 Å². The van der Waals surface area contributed by atoms with E-state index >= 15 is 0 Å². The lowest BCUT2D eigenvalue weighted by molar-refractivity contribution is 0.347. The number of nitrogens with one attached hydrogen (secondary N) is 2. The molecule has 3 aromatic heterocycles. The highest BCUT2D eigenvalue weighted by atomic mass is 79.9. The van der Waals surface area contributed by atoms with Gasteiger partial charge in [-0.05, 0) is 47.3 Å². The number of fused-ring (bicyclic) bond motifs is 1. The van der Waals surface area contributed by atoms with E-state index in [0.717, 1.165) is 22.2 Å². The average molecular weight is 471 g/mol. The minimum atomic E-state index is 0.532. The molecule has 0 aromatic carbocycles. The van der Waals surface area contributed by atoms with E-state index in [1.807, 2.05) is 17.4 Å². The Labute approximate surface area is 175 Å². The van der Waals surface area contributed by atoms with Crippen molar-refractivity contribution in [2.45, 2.75) is 44.2 Å². The second-order valence-electron chi connectivity index (χ2n) is 6.67. The summed E-state index contributed by atoms with van der Waals surface area (Å²) in [7, 11) is 2.08. The average Bonchev–Trinajstić information content (AvgIpc) is 3.28. The van der Waals surface area contributed by atoms with Crippen molar-refractivity contribution < 1.29 is 0 Å². The molecule has 1 saturated carbocycles. The van der Waals surface area contributed by atoms with Crippen LogP contribution in [0.3, 0.4) is 0 Å². The predicted octanol–water partition coefficient (Wildman–Crippen LogP) is 6.63. The molecule has 4 rings (SSSR count). The Morgan fingerprint density at radius 2 is 2.19 bits per heavy atom. The molecule has 0 aliphatic heterocycles. The highest BCUT2D eigenvalue weighted by Crippen LogP contribution is 2.46. The first kappa shape index (κ1) is 18.7. The third-order valence-electron chi connectivity index (χ3n) is 5.08. The number of hydrogen-bond acceptors (Lipinski definition) is 5. The van der Waals surface area contributed by atoms with Crippen LogP contribution in [0.15, 0.2) is 28.1 Å². The second kappa shape index (κ2) is 8.15. The summed E-state index contributed by atoms with van der Waals surface area (Å²) < 4.78 is 2.31. The van der Waals surface area contributed by atoms with Gasteiger partial charge < -0.3 is 10.6 Å². The molecule has 26 heavy (non-hydrogen) atoms. The van der Waals surface area contributed by atoms with Crippen molar-refractivity contribution in [1.82, 2.24) is 10.3 Å². The number of likely N-dealkylation sites (N-methyl/N-ethyl adjacent to an activating group) is 1. The highest BCUT2D eigenvalue weighted by Gasteiger charge is 2.30. The van der Waals surface area contributed by atoms with Crippen molar-refractivity contribution in [3.8, 4) is 0 Å². The first-order valence-corrected chi connectivity index (χ1v) is 11.8. The van der Waals surface area contributed by atoms with E-state index in [1.54, 1.807) is 11.3 Å². The molecule has 3 heterocycles. The molecule has 7 heteroatoms. The van der Waals surface area contributed by atoms with Crippen LogP contribution < -0.4 is 10.6 Å². The monoisotopic (exact) mass is 469 g/mol. The molecule has 0 saturated heterocycles. The maximum absolute atomic E-state index is 6.33. The van der Waals surface area contributed by atoms with Gasteiger partial charge >= 0.3 is 0 Å². The zero-order valence-corrected chi connectivity index (χ0v) is 18.5. The number of hydrogen-bond donors (Lipinski definition) is 2. The fourth-order valence-corrected chi connectivity index (χ4v) is 6.90. The minimum Gasteiger partial charge on any atom is -0.379 e. The molecule has 1 aliphatic rings. The molecule has 1 aliphatic carbocycles. The molecular formula is C19H21BrClN3S2. The Morgan fingerprint density at radius 3 is 2.96 bits per heavy atom. The summed E-state index contributed by atoms with van der Waals surface area (Å²) >= 11 is 13.8.